The summed E-state index contributed by atoms with van der Waals surface area (Å²) in [6, 6.07) is 16.8. The minimum absolute atomic E-state index is 0.108. The van der Waals surface area contributed by atoms with Gasteiger partial charge in [-0.2, -0.15) is 0 Å². The molecule has 1 saturated heterocycles. The highest BCUT2D eigenvalue weighted by molar-refractivity contribution is 5.92. The van der Waals surface area contributed by atoms with Crippen LogP contribution in [0.15, 0.2) is 48.5 Å². The Morgan fingerprint density at radius 2 is 1.70 bits per heavy atom. The summed E-state index contributed by atoms with van der Waals surface area (Å²) >= 11 is 0. The van der Waals surface area contributed by atoms with Crippen LogP contribution in [0.3, 0.4) is 0 Å². The fourth-order valence-corrected chi connectivity index (χ4v) is 3.67. The van der Waals surface area contributed by atoms with Crippen molar-refractivity contribution in [3.63, 3.8) is 0 Å². The molecule has 0 atom stereocenters. The number of anilines is 2. The third-order valence-corrected chi connectivity index (χ3v) is 5.34. The Hall–Kier alpha value is -2.33. The maximum Gasteiger partial charge on any atom is 0.225 e. The van der Waals surface area contributed by atoms with E-state index in [0.29, 0.717) is 12.3 Å². The van der Waals surface area contributed by atoms with E-state index in [-0.39, 0.29) is 5.91 Å². The Bertz CT molecular complexity index is 749. The molecule has 3 rings (SSSR count). The zero-order chi connectivity index (χ0) is 19.2. The van der Waals surface area contributed by atoms with Crippen molar-refractivity contribution in [2.45, 2.75) is 33.1 Å². The van der Waals surface area contributed by atoms with E-state index in [1.54, 1.807) is 0 Å². The smallest absolute Gasteiger partial charge is 0.225 e. The van der Waals surface area contributed by atoms with Crippen molar-refractivity contribution in [3.05, 3.63) is 59.7 Å². The Morgan fingerprint density at radius 3 is 2.37 bits per heavy atom. The minimum atomic E-state index is 0.108. The van der Waals surface area contributed by atoms with E-state index in [1.165, 1.54) is 11.3 Å². The first-order chi connectivity index (χ1) is 13.0. The summed E-state index contributed by atoms with van der Waals surface area (Å²) < 4.78 is 0. The van der Waals surface area contributed by atoms with Crippen LogP contribution in [0.2, 0.25) is 0 Å². The lowest BCUT2D eigenvalue weighted by Crippen LogP contribution is -2.47. The molecule has 1 aliphatic rings. The second kappa shape index (κ2) is 9.05. The van der Waals surface area contributed by atoms with Crippen LogP contribution in [0, 0.1) is 6.92 Å². The Kier molecular flexibility index (Phi) is 6.51. The normalized spacial score (nSPS) is 15.2. The second-order valence-electron chi connectivity index (χ2n) is 7.66. The predicted octanol–water partition coefficient (Wildman–Crippen LogP) is 4.27. The summed E-state index contributed by atoms with van der Waals surface area (Å²) in [7, 11) is 0. The van der Waals surface area contributed by atoms with Gasteiger partial charge >= 0.3 is 0 Å². The highest BCUT2D eigenvalue weighted by Crippen LogP contribution is 2.27. The highest BCUT2D eigenvalue weighted by Gasteiger charge is 2.18. The van der Waals surface area contributed by atoms with Gasteiger partial charge in [0.15, 0.2) is 0 Å². The summed E-state index contributed by atoms with van der Waals surface area (Å²) in [5.74, 6) is 0.503. The topological polar surface area (TPSA) is 35.6 Å². The van der Waals surface area contributed by atoms with Crippen LogP contribution in [0.25, 0.3) is 0 Å². The van der Waals surface area contributed by atoms with E-state index in [1.807, 2.05) is 0 Å². The van der Waals surface area contributed by atoms with Gasteiger partial charge in [0.05, 0.1) is 0 Å². The van der Waals surface area contributed by atoms with Gasteiger partial charge in [0, 0.05) is 50.5 Å². The molecule has 1 aliphatic heterocycles. The number of carbonyl (C=O) groups is 1. The molecular formula is C23H31N3O. The largest absolute Gasteiger partial charge is 0.369 e. The first-order valence-corrected chi connectivity index (χ1v) is 9.96. The van der Waals surface area contributed by atoms with E-state index < -0.39 is 0 Å². The number of piperazine rings is 1. The lowest BCUT2D eigenvalue weighted by Gasteiger charge is -2.36. The lowest BCUT2D eigenvalue weighted by atomic mass is 9.98. The van der Waals surface area contributed by atoms with Gasteiger partial charge in [0.2, 0.25) is 5.91 Å². The van der Waals surface area contributed by atoms with Gasteiger partial charge in [-0.1, -0.05) is 50.2 Å². The van der Waals surface area contributed by atoms with Gasteiger partial charge in [0.25, 0.3) is 0 Å². The fraction of sp³-hybridized carbons (Fsp3) is 0.435. The van der Waals surface area contributed by atoms with Crippen molar-refractivity contribution >= 4 is 17.3 Å². The van der Waals surface area contributed by atoms with Gasteiger partial charge in [-0.05, 0) is 36.1 Å². The van der Waals surface area contributed by atoms with Crippen molar-refractivity contribution in [1.82, 2.24) is 4.90 Å². The van der Waals surface area contributed by atoms with Crippen LogP contribution in [-0.4, -0.2) is 43.5 Å². The number of benzene rings is 2. The molecule has 0 saturated carbocycles. The van der Waals surface area contributed by atoms with E-state index >= 15 is 0 Å². The molecule has 2 aromatic rings. The van der Waals surface area contributed by atoms with E-state index in [9.17, 15) is 4.79 Å². The van der Waals surface area contributed by atoms with Crippen LogP contribution in [-0.2, 0) is 4.79 Å². The van der Waals surface area contributed by atoms with Crippen LogP contribution >= 0.6 is 0 Å². The summed E-state index contributed by atoms with van der Waals surface area (Å²) in [6.07, 6.45) is 0.539. The molecule has 27 heavy (non-hydrogen) atoms. The number of nitrogens with one attached hydrogen (secondary N) is 1. The van der Waals surface area contributed by atoms with Crippen LogP contribution in [0.1, 0.15) is 37.3 Å². The minimum Gasteiger partial charge on any atom is -0.369 e. The zero-order valence-corrected chi connectivity index (χ0v) is 16.7. The van der Waals surface area contributed by atoms with Gasteiger partial charge in [-0.25, -0.2) is 0 Å². The molecule has 0 unspecified atom stereocenters. The van der Waals surface area contributed by atoms with Crippen molar-refractivity contribution < 1.29 is 4.79 Å². The third-order valence-electron chi connectivity index (χ3n) is 5.34. The number of rotatable bonds is 6. The van der Waals surface area contributed by atoms with Crippen molar-refractivity contribution in [2.75, 3.05) is 42.9 Å². The lowest BCUT2D eigenvalue weighted by molar-refractivity contribution is -0.116. The summed E-state index contributed by atoms with van der Waals surface area (Å²) in [5, 5.41) is 3.16. The first-order valence-electron chi connectivity index (χ1n) is 9.96. The molecule has 0 aliphatic carbocycles. The SMILES string of the molecule is Cc1cccc(C(C)C)c1NC(=O)CCN1CCN(c2ccccc2)CC1. The molecular weight excluding hydrogens is 334 g/mol. The van der Waals surface area contributed by atoms with E-state index in [2.05, 4.69) is 84.4 Å². The summed E-state index contributed by atoms with van der Waals surface area (Å²) in [6.45, 7) is 11.2. The number of hydrogen-bond acceptors (Lipinski definition) is 3. The number of hydrogen-bond donors (Lipinski definition) is 1. The Balaban J connectivity index is 1.48. The van der Waals surface area contributed by atoms with Gasteiger partial charge in [-0.15, -0.1) is 0 Å². The molecule has 2 aromatic carbocycles. The van der Waals surface area contributed by atoms with Crippen LogP contribution in [0.4, 0.5) is 11.4 Å². The second-order valence-corrected chi connectivity index (χ2v) is 7.66. The average molecular weight is 366 g/mol. The molecule has 0 aromatic heterocycles. The van der Waals surface area contributed by atoms with Crippen molar-refractivity contribution in [2.24, 2.45) is 0 Å². The van der Waals surface area contributed by atoms with E-state index in [4.69, 9.17) is 0 Å². The van der Waals surface area contributed by atoms with Gasteiger partial charge in [0.1, 0.15) is 0 Å². The summed E-state index contributed by atoms with van der Waals surface area (Å²) in [4.78, 5) is 17.3. The van der Waals surface area contributed by atoms with Crippen LogP contribution < -0.4 is 10.2 Å². The zero-order valence-electron chi connectivity index (χ0n) is 16.7. The monoisotopic (exact) mass is 365 g/mol. The predicted molar refractivity (Wildman–Crippen MR) is 114 cm³/mol. The fourth-order valence-electron chi connectivity index (χ4n) is 3.67. The molecule has 4 heteroatoms. The summed E-state index contributed by atoms with van der Waals surface area (Å²) in [5.41, 5.74) is 4.62. The molecule has 1 heterocycles. The number of nitrogens with zero attached hydrogens (tertiary/aromatic N) is 2. The molecule has 4 nitrogen and oxygen atoms in total. The molecule has 1 N–H and O–H groups in total. The van der Waals surface area contributed by atoms with Crippen molar-refractivity contribution in [3.8, 4) is 0 Å². The molecule has 0 radical (unpaired) electrons. The maximum absolute atomic E-state index is 12.5. The molecule has 1 amide bonds. The van der Waals surface area contributed by atoms with Crippen LogP contribution in [0.5, 0.6) is 0 Å². The number of carbonyl (C=O) groups excluding carboxylic acids is 1. The Morgan fingerprint density at radius 1 is 1.00 bits per heavy atom. The highest BCUT2D eigenvalue weighted by atomic mass is 16.1. The van der Waals surface area contributed by atoms with Gasteiger partial charge < -0.3 is 10.2 Å². The third kappa shape index (κ3) is 5.10. The van der Waals surface area contributed by atoms with Gasteiger partial charge in [-0.3, -0.25) is 9.69 Å². The number of aryl methyl sites for hydroxylation is 1. The molecule has 0 spiro atoms. The number of amides is 1. The number of para-hydroxylation sites is 2. The Labute approximate surface area is 163 Å². The standard InChI is InChI=1S/C23H31N3O/c1-18(2)21-11-7-8-19(3)23(21)24-22(27)12-13-25-14-16-26(17-15-25)20-9-5-4-6-10-20/h4-11,18H,12-17H2,1-3H3,(H,24,27). The molecule has 144 valence electrons. The van der Waals surface area contributed by atoms with Crippen molar-refractivity contribution in [1.29, 1.82) is 0 Å². The average Bonchev–Trinajstić information content (AvgIpc) is 2.69. The molecule has 1 fully saturated rings. The van der Waals surface area contributed by atoms with E-state index in [0.717, 1.165) is 44.0 Å². The first kappa shape index (κ1) is 19.4. The quantitative estimate of drug-likeness (QED) is 0.830. The molecule has 0 bridgehead atoms. The maximum atomic E-state index is 12.5.